The van der Waals surface area contributed by atoms with Gasteiger partial charge in [-0.15, -0.1) is 0 Å². The number of nitro groups is 1. The Morgan fingerprint density at radius 2 is 1.24 bits per heavy atom. The Labute approximate surface area is 274 Å². The van der Waals surface area contributed by atoms with Crippen LogP contribution in [0.4, 0.5) is 5.69 Å². The largest absolute Gasteiger partial charge is 0.490 e. The van der Waals surface area contributed by atoms with Gasteiger partial charge in [0.25, 0.3) is 15.7 Å². The van der Waals surface area contributed by atoms with E-state index in [1.165, 1.54) is 69.2 Å². The molecule has 0 radical (unpaired) electrons. The van der Waals surface area contributed by atoms with E-state index < -0.39 is 14.9 Å². The zero-order chi connectivity index (χ0) is 33.2. The van der Waals surface area contributed by atoms with E-state index in [1.54, 1.807) is 36.4 Å². The Morgan fingerprint density at radius 1 is 0.717 bits per heavy atom. The molecule has 0 fully saturated rings. The molecule has 3 rings (SSSR count). The highest BCUT2D eigenvalue weighted by Gasteiger charge is 2.18. The van der Waals surface area contributed by atoms with Gasteiger partial charge in [-0.1, -0.05) is 95.8 Å². The number of unbranched alkanes of at least 4 members (excludes halogenated alkanes) is 10. The van der Waals surface area contributed by atoms with E-state index in [9.17, 15) is 18.5 Å². The molecule has 0 unspecified atom stereocenters. The van der Waals surface area contributed by atoms with Gasteiger partial charge in [0, 0.05) is 23.3 Å². The Bertz CT molecular complexity index is 1490. The Kier molecular flexibility index (Phi) is 15.5. The van der Waals surface area contributed by atoms with Gasteiger partial charge in [0.15, 0.2) is 11.5 Å². The van der Waals surface area contributed by atoms with Crippen molar-refractivity contribution in [3.8, 4) is 11.5 Å². The number of nitrogens with zero attached hydrogens (tertiary/aromatic N) is 2. The first-order valence-corrected chi connectivity index (χ1v) is 18.0. The number of aryl methyl sites for hydroxylation is 1. The molecule has 0 saturated heterocycles. The number of hydrogen-bond acceptors (Lipinski definition) is 7. The Hall–Kier alpha value is -3.92. The van der Waals surface area contributed by atoms with Crippen molar-refractivity contribution < 1.29 is 22.8 Å². The van der Waals surface area contributed by atoms with E-state index in [4.69, 9.17) is 9.47 Å². The third kappa shape index (κ3) is 12.1. The van der Waals surface area contributed by atoms with Gasteiger partial charge in [-0.2, -0.15) is 18.4 Å². The van der Waals surface area contributed by atoms with E-state index in [-0.39, 0.29) is 16.3 Å². The van der Waals surface area contributed by atoms with Crippen molar-refractivity contribution >= 4 is 21.4 Å². The quantitative estimate of drug-likeness (QED) is 0.0501. The molecule has 0 aliphatic carbocycles. The van der Waals surface area contributed by atoms with Crippen molar-refractivity contribution in [2.24, 2.45) is 5.10 Å². The van der Waals surface area contributed by atoms with Crippen molar-refractivity contribution in [3.05, 3.63) is 93.5 Å². The minimum absolute atomic E-state index is 0.0753. The fourth-order valence-corrected chi connectivity index (χ4v) is 5.74. The number of hydrogen-bond donors (Lipinski definition) is 1. The number of non-ortho nitro benzene ring substituents is 1. The number of nitrogens with one attached hydrogen (secondary N) is 1. The Balaban J connectivity index is 1.90. The summed E-state index contributed by atoms with van der Waals surface area (Å²) in [4.78, 5) is 13.2. The fraction of sp³-hybridized carbons (Fsp3) is 0.472. The van der Waals surface area contributed by atoms with E-state index in [2.05, 4.69) is 23.8 Å². The molecule has 0 saturated carbocycles. The highest BCUT2D eigenvalue weighted by molar-refractivity contribution is 7.89. The second-order valence-electron chi connectivity index (χ2n) is 11.6. The first-order chi connectivity index (χ1) is 22.2. The van der Waals surface area contributed by atoms with Gasteiger partial charge in [-0.05, 0) is 62.2 Å². The summed E-state index contributed by atoms with van der Waals surface area (Å²) in [5, 5.41) is 15.6. The number of ether oxygens (including phenoxy) is 2. The van der Waals surface area contributed by atoms with E-state index in [1.807, 2.05) is 13.0 Å². The normalized spacial score (nSPS) is 11.8. The fourth-order valence-electron chi connectivity index (χ4n) is 4.93. The van der Waals surface area contributed by atoms with Crippen molar-refractivity contribution in [3.63, 3.8) is 0 Å². The summed E-state index contributed by atoms with van der Waals surface area (Å²) in [6, 6.07) is 17.7. The molecule has 250 valence electrons. The van der Waals surface area contributed by atoms with Crippen LogP contribution in [0, 0.1) is 17.0 Å². The summed E-state index contributed by atoms with van der Waals surface area (Å²) in [6.07, 6.45) is 13.7. The molecule has 10 heteroatoms. The molecule has 0 aromatic heterocycles. The highest BCUT2D eigenvalue weighted by atomic mass is 32.2. The predicted octanol–water partition coefficient (Wildman–Crippen LogP) is 9.11. The molecular weight excluding hydrogens is 602 g/mol. The van der Waals surface area contributed by atoms with Gasteiger partial charge in [0.2, 0.25) is 0 Å². The lowest BCUT2D eigenvalue weighted by atomic mass is 10.0. The smallest absolute Gasteiger partial charge is 0.276 e. The topological polar surface area (TPSA) is 120 Å². The molecule has 0 aliphatic heterocycles. The zero-order valence-corrected chi connectivity index (χ0v) is 28.3. The van der Waals surface area contributed by atoms with Crippen LogP contribution in [-0.4, -0.2) is 32.3 Å². The molecule has 9 nitrogen and oxygen atoms in total. The van der Waals surface area contributed by atoms with Crippen molar-refractivity contribution in [1.82, 2.24) is 4.83 Å². The molecule has 0 spiro atoms. The van der Waals surface area contributed by atoms with Crippen LogP contribution in [0.25, 0.3) is 0 Å². The predicted molar refractivity (Wildman–Crippen MR) is 184 cm³/mol. The molecule has 3 aromatic carbocycles. The minimum Gasteiger partial charge on any atom is -0.490 e. The number of hydrazone groups is 1. The second kappa shape index (κ2) is 19.6. The summed E-state index contributed by atoms with van der Waals surface area (Å²) in [7, 11) is -3.98. The molecule has 0 heterocycles. The maximum absolute atomic E-state index is 13.1. The first kappa shape index (κ1) is 36.5. The summed E-state index contributed by atoms with van der Waals surface area (Å²) in [6.45, 7) is 7.37. The van der Waals surface area contributed by atoms with Crippen LogP contribution in [0.3, 0.4) is 0 Å². The molecule has 0 amide bonds. The minimum atomic E-state index is -3.98. The molecule has 46 heavy (non-hydrogen) atoms. The van der Waals surface area contributed by atoms with Gasteiger partial charge in [-0.25, -0.2) is 0 Å². The first-order valence-electron chi connectivity index (χ1n) is 16.6. The van der Waals surface area contributed by atoms with Gasteiger partial charge in [0.05, 0.1) is 28.7 Å². The third-order valence-electron chi connectivity index (χ3n) is 7.69. The summed E-state index contributed by atoms with van der Waals surface area (Å²) < 4.78 is 38.7. The van der Waals surface area contributed by atoms with Crippen LogP contribution in [0.5, 0.6) is 11.5 Å². The SMILES string of the molecule is CCCCCCCCOc1ccc(C(=NNS(=O)(=O)c2ccc(C)cc2)c2ccc([N+](=O)[O-])cc2)cc1OCCCCCCCC. The zero-order valence-electron chi connectivity index (χ0n) is 27.5. The lowest BCUT2D eigenvalue weighted by molar-refractivity contribution is -0.384. The van der Waals surface area contributed by atoms with E-state index in [0.29, 0.717) is 35.8 Å². The van der Waals surface area contributed by atoms with Crippen molar-refractivity contribution in [2.75, 3.05) is 13.2 Å². The maximum Gasteiger partial charge on any atom is 0.276 e. The van der Waals surface area contributed by atoms with Crippen LogP contribution in [0.2, 0.25) is 0 Å². The average molecular weight is 652 g/mol. The molecule has 0 bridgehead atoms. The number of nitro benzene ring substituents is 1. The Morgan fingerprint density at radius 3 is 1.80 bits per heavy atom. The van der Waals surface area contributed by atoms with E-state index >= 15 is 0 Å². The third-order valence-corrected chi connectivity index (χ3v) is 8.91. The monoisotopic (exact) mass is 651 g/mol. The van der Waals surface area contributed by atoms with Gasteiger partial charge in [-0.3, -0.25) is 10.1 Å². The summed E-state index contributed by atoms with van der Waals surface area (Å²) >= 11 is 0. The number of sulfonamides is 1. The summed E-state index contributed by atoms with van der Waals surface area (Å²) in [5.74, 6) is 1.17. The van der Waals surface area contributed by atoms with Gasteiger partial charge < -0.3 is 9.47 Å². The molecule has 1 N–H and O–H groups in total. The van der Waals surface area contributed by atoms with Crippen molar-refractivity contribution in [1.29, 1.82) is 0 Å². The summed E-state index contributed by atoms with van der Waals surface area (Å²) in [5.41, 5.74) is 2.22. The lowest BCUT2D eigenvalue weighted by Gasteiger charge is -2.16. The molecule has 0 aliphatic rings. The lowest BCUT2D eigenvalue weighted by Crippen LogP contribution is -2.21. The van der Waals surface area contributed by atoms with E-state index in [0.717, 1.165) is 37.7 Å². The maximum atomic E-state index is 13.1. The van der Waals surface area contributed by atoms with Crippen LogP contribution in [0.15, 0.2) is 76.7 Å². The van der Waals surface area contributed by atoms with Crippen LogP contribution >= 0.6 is 0 Å². The van der Waals surface area contributed by atoms with Gasteiger partial charge >= 0.3 is 0 Å². The molecule has 3 aromatic rings. The van der Waals surface area contributed by atoms with Crippen LogP contribution < -0.4 is 14.3 Å². The van der Waals surface area contributed by atoms with Crippen molar-refractivity contribution in [2.45, 2.75) is 103 Å². The average Bonchev–Trinajstić information content (AvgIpc) is 3.05. The standard InChI is InChI=1S/C36H49N3O6S/c1-4-6-8-10-12-14-26-44-34-25-20-31(28-35(34)45-27-15-13-11-9-7-5-2)36(30-18-21-32(22-19-30)39(40)41)37-38-46(42,43)33-23-16-29(3)17-24-33/h16-25,28,38H,4-15,26-27H2,1-3H3. The van der Waals surface area contributed by atoms with Crippen LogP contribution in [0.1, 0.15) is 108 Å². The highest BCUT2D eigenvalue weighted by Crippen LogP contribution is 2.31. The van der Waals surface area contributed by atoms with Crippen LogP contribution in [-0.2, 0) is 10.0 Å². The number of benzene rings is 3. The number of rotatable bonds is 22. The molecular formula is C36H49N3O6S. The second-order valence-corrected chi connectivity index (χ2v) is 13.2. The van der Waals surface area contributed by atoms with Gasteiger partial charge in [0.1, 0.15) is 0 Å². The molecule has 0 atom stereocenters.